The minimum absolute atomic E-state index is 0.191. The normalized spacial score (nSPS) is 28.8. The van der Waals surface area contributed by atoms with E-state index in [1.165, 1.54) is 26.4 Å². The van der Waals surface area contributed by atoms with E-state index in [2.05, 4.69) is 10.3 Å². The Morgan fingerprint density at radius 2 is 1.94 bits per heavy atom. The van der Waals surface area contributed by atoms with Crippen molar-refractivity contribution in [2.24, 2.45) is 0 Å². The summed E-state index contributed by atoms with van der Waals surface area (Å²) in [6.07, 6.45) is -1.92. The minimum Gasteiger partial charge on any atom is -0.467 e. The third-order valence-electron chi connectivity index (χ3n) is 6.07. The van der Waals surface area contributed by atoms with Crippen molar-refractivity contribution in [2.75, 3.05) is 20.8 Å². The van der Waals surface area contributed by atoms with Crippen molar-refractivity contribution in [2.45, 2.75) is 36.7 Å². The number of methoxy groups -OCH3 is 2. The van der Waals surface area contributed by atoms with Gasteiger partial charge in [0.15, 0.2) is 12.4 Å². The van der Waals surface area contributed by atoms with Gasteiger partial charge in [0.05, 0.1) is 19.9 Å². The molecule has 1 aromatic heterocycles. The summed E-state index contributed by atoms with van der Waals surface area (Å²) in [6.45, 7) is 0.191. The van der Waals surface area contributed by atoms with Crippen LogP contribution in [0.5, 0.6) is 0 Å². The van der Waals surface area contributed by atoms with E-state index in [9.17, 15) is 9.18 Å². The van der Waals surface area contributed by atoms with Crippen molar-refractivity contribution in [1.29, 1.82) is 0 Å². The number of hydrogen-bond acceptors (Lipinski definition) is 8. The number of aromatic nitrogens is 3. The summed E-state index contributed by atoms with van der Waals surface area (Å²) in [7, 11) is 2.77. The zero-order valence-corrected chi connectivity index (χ0v) is 18.6. The molecule has 0 radical (unpaired) electrons. The van der Waals surface area contributed by atoms with Gasteiger partial charge in [0.25, 0.3) is 0 Å². The first-order valence-corrected chi connectivity index (χ1v) is 10.8. The molecule has 0 spiro atoms. The van der Waals surface area contributed by atoms with Gasteiger partial charge in [-0.1, -0.05) is 47.7 Å². The minimum atomic E-state index is -1.02. The van der Waals surface area contributed by atoms with E-state index in [1.807, 2.05) is 30.3 Å². The Kier molecular flexibility index (Phi) is 6.38. The molecule has 5 rings (SSSR count). The van der Waals surface area contributed by atoms with Crippen molar-refractivity contribution in [3.8, 4) is 11.3 Å². The Hall–Kier alpha value is -3.18. The van der Waals surface area contributed by atoms with Gasteiger partial charge >= 0.3 is 5.97 Å². The SMILES string of the molecule is COC(=O)[C@@H]1O[C@@H]2COC(c3ccccc3)O[C@@H]2[C@H](n2cc(-c3cccc(F)c3)nn2)[C@H]1OC. The average Bonchev–Trinajstić information content (AvgIpc) is 3.37. The van der Waals surface area contributed by atoms with Crippen LogP contribution in [0.25, 0.3) is 11.3 Å². The number of esters is 1. The molecule has 34 heavy (non-hydrogen) atoms. The molecule has 2 aromatic carbocycles. The number of halogens is 1. The second kappa shape index (κ2) is 9.59. The number of carbonyl (C=O) groups is 1. The van der Waals surface area contributed by atoms with E-state index in [0.29, 0.717) is 11.3 Å². The lowest BCUT2D eigenvalue weighted by Crippen LogP contribution is -2.61. The second-order valence-electron chi connectivity index (χ2n) is 8.08. The molecule has 10 heteroatoms. The lowest BCUT2D eigenvalue weighted by atomic mass is 9.91. The molecular weight excluding hydrogens is 445 g/mol. The third kappa shape index (κ3) is 4.21. The van der Waals surface area contributed by atoms with Crippen LogP contribution in [0, 0.1) is 5.82 Å². The molecule has 0 aliphatic carbocycles. The zero-order valence-electron chi connectivity index (χ0n) is 18.6. The topological polar surface area (TPSA) is 93.9 Å². The number of fused-ring (bicyclic) bond motifs is 1. The Balaban J connectivity index is 1.52. The van der Waals surface area contributed by atoms with Gasteiger partial charge in [0, 0.05) is 18.2 Å². The highest BCUT2D eigenvalue weighted by atomic mass is 19.1. The van der Waals surface area contributed by atoms with Gasteiger partial charge < -0.3 is 23.7 Å². The zero-order chi connectivity index (χ0) is 23.7. The molecule has 6 atom stereocenters. The highest BCUT2D eigenvalue weighted by molar-refractivity contribution is 5.75. The summed E-state index contributed by atoms with van der Waals surface area (Å²) >= 11 is 0. The van der Waals surface area contributed by atoms with Crippen LogP contribution >= 0.6 is 0 Å². The number of ether oxygens (including phenoxy) is 5. The fraction of sp³-hybridized carbons (Fsp3) is 0.375. The van der Waals surface area contributed by atoms with Crippen molar-refractivity contribution in [1.82, 2.24) is 15.0 Å². The van der Waals surface area contributed by atoms with Crippen molar-refractivity contribution < 1.29 is 32.9 Å². The Bertz CT molecular complexity index is 1140. The first kappa shape index (κ1) is 22.6. The second-order valence-corrected chi connectivity index (χ2v) is 8.08. The number of benzene rings is 2. The molecule has 9 nitrogen and oxygen atoms in total. The summed E-state index contributed by atoms with van der Waals surface area (Å²) < 4.78 is 44.3. The number of hydrogen-bond donors (Lipinski definition) is 0. The van der Waals surface area contributed by atoms with Crippen LogP contribution in [0.2, 0.25) is 0 Å². The highest BCUT2D eigenvalue weighted by Gasteiger charge is 2.54. The maximum atomic E-state index is 13.8. The predicted molar refractivity (Wildman–Crippen MR) is 116 cm³/mol. The van der Waals surface area contributed by atoms with E-state index in [-0.39, 0.29) is 12.4 Å². The smallest absolute Gasteiger partial charge is 0.337 e. The molecule has 178 valence electrons. The van der Waals surface area contributed by atoms with E-state index in [4.69, 9.17) is 23.7 Å². The fourth-order valence-electron chi connectivity index (χ4n) is 4.45. The van der Waals surface area contributed by atoms with Crippen LogP contribution < -0.4 is 0 Å². The van der Waals surface area contributed by atoms with Crippen molar-refractivity contribution in [3.63, 3.8) is 0 Å². The molecule has 2 aliphatic rings. The molecule has 0 N–H and O–H groups in total. The molecule has 0 bridgehead atoms. The Labute approximate surface area is 195 Å². The lowest BCUT2D eigenvalue weighted by Gasteiger charge is -2.48. The predicted octanol–water partition coefficient (Wildman–Crippen LogP) is 2.69. The van der Waals surface area contributed by atoms with Crippen LogP contribution in [0.15, 0.2) is 60.8 Å². The van der Waals surface area contributed by atoms with Gasteiger partial charge in [-0.3, -0.25) is 0 Å². The van der Waals surface area contributed by atoms with Gasteiger partial charge in [0.2, 0.25) is 0 Å². The van der Waals surface area contributed by atoms with Gasteiger partial charge in [-0.15, -0.1) is 5.10 Å². The largest absolute Gasteiger partial charge is 0.467 e. The van der Waals surface area contributed by atoms with Gasteiger partial charge in [-0.2, -0.15) is 0 Å². The average molecular weight is 469 g/mol. The first-order chi connectivity index (χ1) is 16.6. The molecule has 2 aliphatic heterocycles. The summed E-state index contributed by atoms with van der Waals surface area (Å²) in [4.78, 5) is 12.5. The molecule has 3 aromatic rings. The maximum Gasteiger partial charge on any atom is 0.337 e. The van der Waals surface area contributed by atoms with Crippen LogP contribution in [0.1, 0.15) is 17.9 Å². The van der Waals surface area contributed by atoms with E-state index in [0.717, 1.165) is 5.56 Å². The Morgan fingerprint density at radius 1 is 1.12 bits per heavy atom. The van der Waals surface area contributed by atoms with Crippen molar-refractivity contribution in [3.05, 3.63) is 72.2 Å². The number of nitrogens with zero attached hydrogens (tertiary/aromatic N) is 3. The lowest BCUT2D eigenvalue weighted by molar-refractivity contribution is -0.316. The van der Waals surface area contributed by atoms with Crippen LogP contribution in [0.3, 0.4) is 0 Å². The van der Waals surface area contributed by atoms with Crippen LogP contribution in [-0.2, 0) is 28.5 Å². The molecule has 1 unspecified atom stereocenters. The van der Waals surface area contributed by atoms with Crippen molar-refractivity contribution >= 4 is 5.97 Å². The molecule has 2 fully saturated rings. The van der Waals surface area contributed by atoms with E-state index < -0.39 is 42.7 Å². The highest BCUT2D eigenvalue weighted by Crippen LogP contribution is 2.40. The van der Waals surface area contributed by atoms with Gasteiger partial charge in [-0.05, 0) is 12.1 Å². The van der Waals surface area contributed by atoms with E-state index in [1.54, 1.807) is 23.0 Å². The third-order valence-corrected chi connectivity index (χ3v) is 6.07. The molecule has 0 saturated carbocycles. The molecular formula is C24H24FN3O6. The Morgan fingerprint density at radius 3 is 2.68 bits per heavy atom. The summed E-state index contributed by atoms with van der Waals surface area (Å²) in [6, 6.07) is 15.0. The van der Waals surface area contributed by atoms with Crippen LogP contribution in [0.4, 0.5) is 4.39 Å². The molecule has 0 amide bonds. The van der Waals surface area contributed by atoms with Gasteiger partial charge in [0.1, 0.15) is 35.9 Å². The summed E-state index contributed by atoms with van der Waals surface area (Å²) in [5, 5.41) is 8.51. The summed E-state index contributed by atoms with van der Waals surface area (Å²) in [5.74, 6) is -0.955. The van der Waals surface area contributed by atoms with Crippen LogP contribution in [-0.4, -0.2) is 66.2 Å². The monoisotopic (exact) mass is 469 g/mol. The maximum absolute atomic E-state index is 13.8. The number of rotatable bonds is 5. The standard InChI is InChI=1S/C24H24FN3O6/c1-30-21-19(28-12-17(26-27-28)15-9-6-10-16(25)11-15)20-18(33-22(21)23(29)31-2)13-32-24(34-20)14-7-4-3-5-8-14/h3-12,18-22,24H,13H2,1-2H3/t18-,19+,20+,21-,22-,24?/m1/s1. The quantitative estimate of drug-likeness (QED) is 0.527. The van der Waals surface area contributed by atoms with Gasteiger partial charge in [-0.25, -0.2) is 13.9 Å². The first-order valence-electron chi connectivity index (χ1n) is 10.8. The molecule has 3 heterocycles. The molecule has 2 saturated heterocycles. The summed E-state index contributed by atoms with van der Waals surface area (Å²) in [5.41, 5.74) is 1.89. The number of carbonyl (C=O) groups excluding carboxylic acids is 1. The fourth-order valence-corrected chi connectivity index (χ4v) is 4.45. The van der Waals surface area contributed by atoms with E-state index >= 15 is 0 Å².